The van der Waals surface area contributed by atoms with Gasteiger partial charge in [-0.25, -0.2) is 0 Å². The quantitative estimate of drug-likeness (QED) is 0.734. The SMILES string of the molecule is CC(C)(C)C1CCN(CC(O)CCl)C1. The minimum Gasteiger partial charge on any atom is -0.391 e. The summed E-state index contributed by atoms with van der Waals surface area (Å²) in [6.45, 7) is 9.82. The highest BCUT2D eigenvalue weighted by molar-refractivity contribution is 6.18. The van der Waals surface area contributed by atoms with Gasteiger partial charge in [-0.05, 0) is 24.3 Å². The van der Waals surface area contributed by atoms with Crippen molar-refractivity contribution >= 4 is 11.6 Å². The van der Waals surface area contributed by atoms with E-state index in [1.54, 1.807) is 0 Å². The molecule has 0 bridgehead atoms. The molecule has 2 atom stereocenters. The summed E-state index contributed by atoms with van der Waals surface area (Å²) in [7, 11) is 0. The number of rotatable bonds is 3. The van der Waals surface area contributed by atoms with E-state index in [0.29, 0.717) is 11.3 Å². The molecule has 0 aromatic carbocycles. The van der Waals surface area contributed by atoms with Gasteiger partial charge in [0.1, 0.15) is 0 Å². The zero-order chi connectivity index (χ0) is 10.8. The molecule has 2 unspecified atom stereocenters. The number of alkyl halides is 1. The van der Waals surface area contributed by atoms with Crippen LogP contribution in [0.2, 0.25) is 0 Å². The van der Waals surface area contributed by atoms with Crippen molar-refractivity contribution in [1.82, 2.24) is 4.90 Å². The van der Waals surface area contributed by atoms with Crippen molar-refractivity contribution in [2.75, 3.05) is 25.5 Å². The second kappa shape index (κ2) is 4.82. The van der Waals surface area contributed by atoms with Crippen LogP contribution in [0, 0.1) is 11.3 Å². The van der Waals surface area contributed by atoms with Gasteiger partial charge in [-0.1, -0.05) is 20.8 Å². The Bertz CT molecular complexity index is 179. The minimum absolute atomic E-state index is 0.344. The van der Waals surface area contributed by atoms with Crippen LogP contribution in [-0.2, 0) is 0 Å². The van der Waals surface area contributed by atoms with E-state index in [0.717, 1.165) is 25.6 Å². The Kier molecular flexibility index (Phi) is 4.23. The Morgan fingerprint density at radius 2 is 2.14 bits per heavy atom. The summed E-state index contributed by atoms with van der Waals surface area (Å²) in [5.41, 5.74) is 0.390. The van der Waals surface area contributed by atoms with Gasteiger partial charge in [0, 0.05) is 19.0 Å². The highest BCUT2D eigenvalue weighted by Gasteiger charge is 2.31. The molecule has 3 heteroatoms. The fourth-order valence-corrected chi connectivity index (χ4v) is 2.15. The molecule has 2 nitrogen and oxygen atoms in total. The van der Waals surface area contributed by atoms with Crippen molar-refractivity contribution in [1.29, 1.82) is 0 Å². The predicted octanol–water partition coefficient (Wildman–Crippen LogP) is 1.95. The number of likely N-dealkylation sites (tertiary alicyclic amines) is 1. The van der Waals surface area contributed by atoms with Crippen LogP contribution in [0.15, 0.2) is 0 Å². The van der Waals surface area contributed by atoms with E-state index in [2.05, 4.69) is 25.7 Å². The first-order valence-electron chi connectivity index (χ1n) is 5.40. The number of halogens is 1. The molecule has 0 radical (unpaired) electrons. The van der Waals surface area contributed by atoms with Gasteiger partial charge in [-0.2, -0.15) is 0 Å². The predicted molar refractivity (Wildman–Crippen MR) is 60.7 cm³/mol. The molecule has 0 saturated carbocycles. The number of β-amino-alcohol motifs (C(OH)–C–C–N with tert-alkyl or cyclic N) is 1. The number of aliphatic hydroxyl groups excluding tert-OH is 1. The summed E-state index contributed by atoms with van der Waals surface area (Å²) in [6.07, 6.45) is 0.883. The van der Waals surface area contributed by atoms with Crippen molar-refractivity contribution in [2.24, 2.45) is 11.3 Å². The number of nitrogens with zero attached hydrogens (tertiary/aromatic N) is 1. The number of aliphatic hydroxyl groups is 1. The molecule has 0 spiro atoms. The monoisotopic (exact) mass is 219 g/mol. The van der Waals surface area contributed by atoms with E-state index >= 15 is 0 Å². The Morgan fingerprint density at radius 1 is 1.50 bits per heavy atom. The minimum atomic E-state index is -0.365. The maximum Gasteiger partial charge on any atom is 0.0802 e. The molecular weight excluding hydrogens is 198 g/mol. The topological polar surface area (TPSA) is 23.5 Å². The molecule has 1 aliphatic heterocycles. The van der Waals surface area contributed by atoms with Crippen LogP contribution in [0.1, 0.15) is 27.2 Å². The zero-order valence-electron chi connectivity index (χ0n) is 9.46. The van der Waals surface area contributed by atoms with Crippen LogP contribution in [0.25, 0.3) is 0 Å². The molecule has 0 amide bonds. The molecule has 0 aliphatic carbocycles. The Morgan fingerprint density at radius 3 is 2.57 bits per heavy atom. The van der Waals surface area contributed by atoms with Crippen molar-refractivity contribution in [3.05, 3.63) is 0 Å². The lowest BCUT2D eigenvalue weighted by Crippen LogP contribution is -2.33. The maximum atomic E-state index is 9.43. The van der Waals surface area contributed by atoms with Crippen molar-refractivity contribution < 1.29 is 5.11 Å². The second-order valence-corrected chi connectivity index (χ2v) is 5.73. The summed E-state index contributed by atoms with van der Waals surface area (Å²) in [6, 6.07) is 0. The molecule has 1 N–H and O–H groups in total. The van der Waals surface area contributed by atoms with Crippen molar-refractivity contribution in [3.8, 4) is 0 Å². The molecule has 1 rings (SSSR count). The Hall–Kier alpha value is 0.210. The van der Waals surface area contributed by atoms with Gasteiger partial charge >= 0.3 is 0 Å². The number of hydrogen-bond donors (Lipinski definition) is 1. The molecule has 0 aromatic heterocycles. The molecule has 14 heavy (non-hydrogen) atoms. The fraction of sp³-hybridized carbons (Fsp3) is 1.00. The third-order valence-electron chi connectivity index (χ3n) is 3.14. The van der Waals surface area contributed by atoms with Crippen LogP contribution < -0.4 is 0 Å². The van der Waals surface area contributed by atoms with Gasteiger partial charge in [-0.3, -0.25) is 0 Å². The van der Waals surface area contributed by atoms with Crippen molar-refractivity contribution in [3.63, 3.8) is 0 Å². The van der Waals surface area contributed by atoms with Crippen LogP contribution >= 0.6 is 11.6 Å². The highest BCUT2D eigenvalue weighted by Crippen LogP contribution is 2.33. The third-order valence-corrected chi connectivity index (χ3v) is 3.50. The van der Waals surface area contributed by atoms with E-state index in [-0.39, 0.29) is 6.10 Å². The van der Waals surface area contributed by atoms with E-state index in [1.165, 1.54) is 6.42 Å². The summed E-state index contributed by atoms with van der Waals surface area (Å²) >= 11 is 5.58. The molecular formula is C11H22ClNO. The first-order valence-corrected chi connectivity index (χ1v) is 5.93. The molecule has 0 aromatic rings. The summed E-state index contributed by atoms with van der Waals surface area (Å²) < 4.78 is 0. The zero-order valence-corrected chi connectivity index (χ0v) is 10.2. The van der Waals surface area contributed by atoms with E-state index in [9.17, 15) is 5.11 Å². The molecule has 1 aliphatic rings. The Balaban J connectivity index is 2.34. The largest absolute Gasteiger partial charge is 0.391 e. The lowest BCUT2D eigenvalue weighted by atomic mass is 9.80. The van der Waals surface area contributed by atoms with Gasteiger partial charge in [-0.15, -0.1) is 11.6 Å². The highest BCUT2D eigenvalue weighted by atomic mass is 35.5. The first-order chi connectivity index (χ1) is 6.43. The van der Waals surface area contributed by atoms with Crippen molar-refractivity contribution in [2.45, 2.75) is 33.3 Å². The third kappa shape index (κ3) is 3.41. The van der Waals surface area contributed by atoms with Gasteiger partial charge in [0.05, 0.1) is 6.10 Å². The first kappa shape index (κ1) is 12.3. The number of hydrogen-bond acceptors (Lipinski definition) is 2. The smallest absolute Gasteiger partial charge is 0.0802 e. The lowest BCUT2D eigenvalue weighted by Gasteiger charge is -2.27. The van der Waals surface area contributed by atoms with Crippen LogP contribution in [0.3, 0.4) is 0 Å². The van der Waals surface area contributed by atoms with Crippen LogP contribution in [-0.4, -0.2) is 41.6 Å². The molecule has 84 valence electrons. The maximum absolute atomic E-state index is 9.43. The second-order valence-electron chi connectivity index (χ2n) is 5.42. The van der Waals surface area contributed by atoms with Gasteiger partial charge in [0.25, 0.3) is 0 Å². The normalized spacial score (nSPS) is 26.8. The van der Waals surface area contributed by atoms with Gasteiger partial charge in [0.2, 0.25) is 0 Å². The van der Waals surface area contributed by atoms with E-state index < -0.39 is 0 Å². The Labute approximate surface area is 92.2 Å². The lowest BCUT2D eigenvalue weighted by molar-refractivity contribution is 0.134. The van der Waals surface area contributed by atoms with Crippen LogP contribution in [0.4, 0.5) is 0 Å². The van der Waals surface area contributed by atoms with Crippen LogP contribution in [0.5, 0.6) is 0 Å². The summed E-state index contributed by atoms with van der Waals surface area (Å²) in [4.78, 5) is 2.32. The average molecular weight is 220 g/mol. The summed E-state index contributed by atoms with van der Waals surface area (Å²) in [5.74, 6) is 1.10. The van der Waals surface area contributed by atoms with Gasteiger partial charge in [0.15, 0.2) is 0 Å². The molecule has 1 heterocycles. The van der Waals surface area contributed by atoms with Gasteiger partial charge < -0.3 is 10.0 Å². The molecule has 1 saturated heterocycles. The fourth-order valence-electron chi connectivity index (χ4n) is 2.05. The summed E-state index contributed by atoms with van der Waals surface area (Å²) in [5, 5.41) is 9.43. The average Bonchev–Trinajstić information content (AvgIpc) is 2.51. The molecule has 1 fully saturated rings. The van der Waals surface area contributed by atoms with E-state index in [4.69, 9.17) is 11.6 Å². The van der Waals surface area contributed by atoms with E-state index in [1.807, 2.05) is 0 Å². The standard InChI is InChI=1S/C11H22ClNO/c1-11(2,3)9-4-5-13(7-9)8-10(14)6-12/h9-10,14H,4-8H2,1-3H3.